The molecule has 2 heterocycles. The van der Waals surface area contributed by atoms with E-state index in [0.29, 0.717) is 12.5 Å². The lowest BCUT2D eigenvalue weighted by molar-refractivity contribution is 0.0238. The highest BCUT2D eigenvalue weighted by molar-refractivity contribution is 5.70. The molecule has 1 aromatic rings. The number of rotatable bonds is 3. The zero-order valence-electron chi connectivity index (χ0n) is 10.2. The largest absolute Gasteiger partial charge is 0.445 e. The summed E-state index contributed by atoms with van der Waals surface area (Å²) in [6.45, 7) is 1.07. The number of carbonyl (C=O) groups excluding carboxylic acids is 1. The minimum atomic E-state index is -0.321. The summed E-state index contributed by atoms with van der Waals surface area (Å²) in [4.78, 5) is 13.7. The first-order valence-electron chi connectivity index (χ1n) is 6.33. The molecule has 1 aromatic carbocycles. The molecule has 0 spiro atoms. The van der Waals surface area contributed by atoms with E-state index in [9.17, 15) is 9.90 Å². The Morgan fingerprint density at radius 1 is 1.39 bits per heavy atom. The fraction of sp³-hybridized carbons (Fsp3) is 0.500. The van der Waals surface area contributed by atoms with E-state index in [4.69, 9.17) is 4.74 Å². The van der Waals surface area contributed by atoms with Crippen LogP contribution in [-0.2, 0) is 11.3 Å². The van der Waals surface area contributed by atoms with Crippen LogP contribution in [0.1, 0.15) is 18.4 Å². The van der Waals surface area contributed by atoms with Gasteiger partial charge in [0, 0.05) is 6.54 Å². The van der Waals surface area contributed by atoms with Gasteiger partial charge in [0.2, 0.25) is 0 Å². The number of aliphatic hydroxyl groups excluding tert-OH is 1. The third-order valence-corrected chi connectivity index (χ3v) is 4.07. The van der Waals surface area contributed by atoms with Crippen molar-refractivity contribution in [3.63, 3.8) is 0 Å². The van der Waals surface area contributed by atoms with Crippen LogP contribution in [0.15, 0.2) is 30.3 Å². The van der Waals surface area contributed by atoms with Gasteiger partial charge < -0.3 is 9.84 Å². The van der Waals surface area contributed by atoms with Crippen molar-refractivity contribution in [1.29, 1.82) is 0 Å². The zero-order valence-corrected chi connectivity index (χ0v) is 10.2. The van der Waals surface area contributed by atoms with Crippen LogP contribution < -0.4 is 0 Å². The number of amides is 1. The summed E-state index contributed by atoms with van der Waals surface area (Å²) >= 11 is 0. The Kier molecular flexibility index (Phi) is 2.74. The van der Waals surface area contributed by atoms with Gasteiger partial charge in [0.25, 0.3) is 0 Å². The smallest absolute Gasteiger partial charge is 0.410 e. The van der Waals surface area contributed by atoms with Crippen LogP contribution in [-0.4, -0.2) is 34.8 Å². The number of hydrogen-bond acceptors (Lipinski definition) is 3. The number of carbonyl (C=O) groups is 1. The molecule has 3 aliphatic rings. The Bertz CT molecular complexity index is 440. The molecule has 0 atom stereocenters. The lowest BCUT2D eigenvalue weighted by Gasteiger charge is -2.39. The number of nitrogens with zero attached hydrogens (tertiary/aromatic N) is 1. The van der Waals surface area contributed by atoms with Gasteiger partial charge in [-0.15, -0.1) is 0 Å². The van der Waals surface area contributed by atoms with Crippen molar-refractivity contribution in [2.45, 2.75) is 25.0 Å². The SMILES string of the molecule is O=C(OCc1ccccc1)N1CC2CC1(CO)C2. The van der Waals surface area contributed by atoms with Gasteiger partial charge >= 0.3 is 6.09 Å². The van der Waals surface area contributed by atoms with Gasteiger partial charge in [0.1, 0.15) is 6.61 Å². The average molecular weight is 247 g/mol. The molecule has 1 aliphatic carbocycles. The topological polar surface area (TPSA) is 49.8 Å². The fourth-order valence-electron chi connectivity index (χ4n) is 3.10. The van der Waals surface area contributed by atoms with Crippen molar-refractivity contribution >= 4 is 6.09 Å². The molecule has 4 rings (SSSR count). The number of fused-ring (bicyclic) bond motifs is 1. The number of benzene rings is 1. The van der Waals surface area contributed by atoms with Gasteiger partial charge in [0.15, 0.2) is 0 Å². The summed E-state index contributed by atoms with van der Waals surface area (Å²) in [6.07, 6.45) is 1.54. The van der Waals surface area contributed by atoms with Crippen molar-refractivity contribution in [1.82, 2.24) is 4.90 Å². The summed E-state index contributed by atoms with van der Waals surface area (Å²) in [5.41, 5.74) is 0.661. The number of ether oxygens (including phenoxy) is 1. The van der Waals surface area contributed by atoms with E-state index in [-0.39, 0.29) is 18.2 Å². The summed E-state index contributed by atoms with van der Waals surface area (Å²) in [5, 5.41) is 9.42. The molecule has 3 fully saturated rings. The quantitative estimate of drug-likeness (QED) is 0.885. The first-order chi connectivity index (χ1) is 8.73. The minimum Gasteiger partial charge on any atom is -0.445 e. The summed E-state index contributed by atoms with van der Waals surface area (Å²) in [6, 6.07) is 9.63. The fourth-order valence-corrected chi connectivity index (χ4v) is 3.10. The molecule has 18 heavy (non-hydrogen) atoms. The highest BCUT2D eigenvalue weighted by Gasteiger charge is 2.58. The molecule has 1 saturated carbocycles. The van der Waals surface area contributed by atoms with Crippen LogP contribution in [0.2, 0.25) is 0 Å². The van der Waals surface area contributed by atoms with E-state index in [0.717, 1.165) is 24.9 Å². The monoisotopic (exact) mass is 247 g/mol. The minimum absolute atomic E-state index is 0.0456. The Labute approximate surface area is 106 Å². The third-order valence-electron chi connectivity index (χ3n) is 4.07. The van der Waals surface area contributed by atoms with Gasteiger partial charge in [-0.05, 0) is 24.3 Å². The molecule has 0 aromatic heterocycles. The number of aliphatic hydroxyl groups is 1. The van der Waals surface area contributed by atoms with Gasteiger partial charge in [-0.25, -0.2) is 4.79 Å². The molecule has 96 valence electrons. The molecule has 2 saturated heterocycles. The molecule has 4 nitrogen and oxygen atoms in total. The predicted octanol–water partition coefficient (Wildman–Crippen LogP) is 1.78. The first-order valence-corrected chi connectivity index (χ1v) is 6.33. The Hall–Kier alpha value is -1.55. The second kappa shape index (κ2) is 4.28. The van der Waals surface area contributed by atoms with E-state index < -0.39 is 0 Å². The molecular weight excluding hydrogens is 230 g/mol. The van der Waals surface area contributed by atoms with E-state index >= 15 is 0 Å². The molecule has 1 N–H and O–H groups in total. The third kappa shape index (κ3) is 1.77. The summed E-state index contributed by atoms with van der Waals surface area (Å²) in [7, 11) is 0. The Balaban J connectivity index is 1.59. The normalized spacial score (nSPS) is 28.9. The van der Waals surface area contributed by atoms with E-state index in [1.165, 1.54) is 0 Å². The van der Waals surface area contributed by atoms with Crippen LogP contribution in [0, 0.1) is 5.92 Å². The summed E-state index contributed by atoms with van der Waals surface area (Å²) in [5.74, 6) is 0.557. The van der Waals surface area contributed by atoms with Crippen molar-refractivity contribution in [3.05, 3.63) is 35.9 Å². The molecule has 2 aliphatic heterocycles. The van der Waals surface area contributed by atoms with Gasteiger partial charge in [-0.2, -0.15) is 0 Å². The first kappa shape index (κ1) is 11.5. The molecule has 0 radical (unpaired) electrons. The van der Waals surface area contributed by atoms with Gasteiger partial charge in [-0.3, -0.25) is 4.90 Å². The average Bonchev–Trinajstić information content (AvgIpc) is 2.92. The lowest BCUT2D eigenvalue weighted by atomic mass is 9.74. The second-order valence-electron chi connectivity index (χ2n) is 5.31. The van der Waals surface area contributed by atoms with Crippen LogP contribution in [0.25, 0.3) is 0 Å². The highest BCUT2D eigenvalue weighted by Crippen LogP contribution is 2.50. The molecule has 0 unspecified atom stereocenters. The highest BCUT2D eigenvalue weighted by atomic mass is 16.6. The molecular formula is C14H17NO3. The van der Waals surface area contributed by atoms with E-state index in [1.807, 2.05) is 30.3 Å². The van der Waals surface area contributed by atoms with E-state index in [2.05, 4.69) is 0 Å². The van der Waals surface area contributed by atoms with Gasteiger partial charge in [-0.1, -0.05) is 30.3 Å². The predicted molar refractivity (Wildman–Crippen MR) is 65.9 cm³/mol. The Morgan fingerprint density at radius 2 is 2.11 bits per heavy atom. The number of hydrogen-bond donors (Lipinski definition) is 1. The van der Waals surface area contributed by atoms with Crippen molar-refractivity contribution in [3.8, 4) is 0 Å². The maximum atomic E-state index is 12.0. The maximum Gasteiger partial charge on any atom is 0.410 e. The van der Waals surface area contributed by atoms with Crippen molar-refractivity contribution < 1.29 is 14.6 Å². The second-order valence-corrected chi connectivity index (χ2v) is 5.31. The summed E-state index contributed by atoms with van der Waals surface area (Å²) < 4.78 is 5.31. The standard InChI is InChI=1S/C14H17NO3/c16-10-14-6-12(7-14)8-15(14)13(17)18-9-11-4-2-1-3-5-11/h1-5,12,16H,6-10H2. The van der Waals surface area contributed by atoms with Crippen molar-refractivity contribution in [2.24, 2.45) is 5.92 Å². The van der Waals surface area contributed by atoms with Crippen LogP contribution in [0.3, 0.4) is 0 Å². The van der Waals surface area contributed by atoms with Gasteiger partial charge in [0.05, 0.1) is 12.1 Å². The molecule has 4 heteroatoms. The van der Waals surface area contributed by atoms with Crippen LogP contribution >= 0.6 is 0 Å². The van der Waals surface area contributed by atoms with Crippen molar-refractivity contribution in [2.75, 3.05) is 13.2 Å². The zero-order chi connectivity index (χ0) is 12.6. The van der Waals surface area contributed by atoms with Crippen LogP contribution in [0.5, 0.6) is 0 Å². The molecule has 2 bridgehead atoms. The Morgan fingerprint density at radius 3 is 2.78 bits per heavy atom. The van der Waals surface area contributed by atoms with E-state index in [1.54, 1.807) is 4.90 Å². The van der Waals surface area contributed by atoms with Crippen LogP contribution in [0.4, 0.5) is 4.79 Å². The lowest BCUT2D eigenvalue weighted by Crippen LogP contribution is -2.51. The maximum absolute atomic E-state index is 12.0. The molecule has 1 amide bonds.